The Morgan fingerprint density at radius 3 is 2.32 bits per heavy atom. The summed E-state index contributed by atoms with van der Waals surface area (Å²) in [4.78, 5) is 2.10. The van der Waals surface area contributed by atoms with Crippen LogP contribution in [0, 0.1) is 45.3 Å². The lowest BCUT2D eigenvalue weighted by Gasteiger charge is -2.45. The van der Waals surface area contributed by atoms with Gasteiger partial charge in [-0.15, -0.1) is 0 Å². The predicted molar refractivity (Wildman–Crippen MR) is 119 cm³/mol. The molecule has 1 heterocycles. The number of nitrogens with zero attached hydrogens (tertiary/aromatic N) is 4. The van der Waals surface area contributed by atoms with E-state index in [0.29, 0.717) is 42.3 Å². The second-order valence-electron chi connectivity index (χ2n) is 7.58. The Morgan fingerprint density at radius 1 is 1.16 bits per heavy atom. The van der Waals surface area contributed by atoms with E-state index < -0.39 is 11.3 Å². The summed E-state index contributed by atoms with van der Waals surface area (Å²) < 4.78 is 12.2. The molecule has 2 N–H and O–H groups in total. The third kappa shape index (κ3) is 3.65. The van der Waals surface area contributed by atoms with Crippen LogP contribution >= 0.6 is 15.9 Å². The molecule has 1 aromatic carbocycles. The summed E-state index contributed by atoms with van der Waals surface area (Å²) in [5.41, 5.74) is 6.45. The van der Waals surface area contributed by atoms with Crippen molar-refractivity contribution in [3.8, 4) is 29.7 Å². The number of rotatable bonds is 5. The molecule has 0 spiro atoms. The number of likely N-dealkylation sites (N-methyl/N-ethyl adjacent to an activating group) is 1. The zero-order chi connectivity index (χ0) is 22.8. The Hall–Kier alpha value is -2.99. The molecule has 0 saturated carbocycles. The molecule has 7 nitrogen and oxygen atoms in total. The van der Waals surface area contributed by atoms with E-state index in [2.05, 4.69) is 39.0 Å². The fourth-order valence-electron chi connectivity index (χ4n) is 4.49. The average molecular weight is 482 g/mol. The summed E-state index contributed by atoms with van der Waals surface area (Å²) >= 11 is 3.62. The van der Waals surface area contributed by atoms with E-state index >= 15 is 0 Å². The normalized spacial score (nSPS) is 22.4. The first-order valence-corrected chi connectivity index (χ1v) is 10.9. The first kappa shape index (κ1) is 22.7. The van der Waals surface area contributed by atoms with Crippen LogP contribution < -0.4 is 15.2 Å². The number of hydrogen-bond donors (Lipinski definition) is 1. The second-order valence-corrected chi connectivity index (χ2v) is 8.44. The highest BCUT2D eigenvalue weighted by Gasteiger charge is 2.54. The lowest BCUT2D eigenvalue weighted by atomic mass is 9.58. The van der Waals surface area contributed by atoms with Crippen LogP contribution in [0.5, 0.6) is 11.5 Å². The van der Waals surface area contributed by atoms with Crippen LogP contribution in [0.25, 0.3) is 0 Å². The molecule has 2 unspecified atom stereocenters. The molecule has 3 rings (SSSR count). The van der Waals surface area contributed by atoms with Gasteiger partial charge in [-0.1, -0.05) is 22.0 Å². The van der Waals surface area contributed by atoms with Crippen LogP contribution in [-0.2, 0) is 0 Å². The number of allylic oxidation sites excluding steroid dienone is 2. The van der Waals surface area contributed by atoms with Gasteiger partial charge in [-0.05, 0) is 44.2 Å². The molecular formula is C23H24BrN5O2. The molecule has 1 aliphatic carbocycles. The van der Waals surface area contributed by atoms with Crippen LogP contribution in [0.3, 0.4) is 0 Å². The van der Waals surface area contributed by atoms with Gasteiger partial charge in [0, 0.05) is 29.4 Å². The highest BCUT2D eigenvalue weighted by atomic mass is 79.9. The van der Waals surface area contributed by atoms with Gasteiger partial charge in [0.05, 0.1) is 36.6 Å². The first-order chi connectivity index (χ1) is 14.9. The maximum Gasteiger partial charge on any atom is 0.191 e. The predicted octanol–water partition coefficient (Wildman–Crippen LogP) is 3.60. The zero-order valence-corrected chi connectivity index (χ0v) is 19.4. The highest BCUT2D eigenvalue weighted by molar-refractivity contribution is 9.10. The number of nitrogens with two attached hydrogens (primary N) is 1. The lowest BCUT2D eigenvalue weighted by Crippen LogP contribution is -2.47. The molecule has 0 amide bonds. The van der Waals surface area contributed by atoms with Crippen molar-refractivity contribution >= 4 is 15.9 Å². The molecule has 2 atom stereocenters. The van der Waals surface area contributed by atoms with Crippen molar-refractivity contribution in [1.29, 1.82) is 15.8 Å². The third-order valence-electron chi connectivity index (χ3n) is 5.84. The van der Waals surface area contributed by atoms with Crippen molar-refractivity contribution in [1.82, 2.24) is 4.90 Å². The van der Waals surface area contributed by atoms with E-state index in [1.165, 1.54) is 0 Å². The summed E-state index contributed by atoms with van der Waals surface area (Å²) in [5.74, 6) is 0.255. The van der Waals surface area contributed by atoms with Gasteiger partial charge in [0.2, 0.25) is 0 Å². The van der Waals surface area contributed by atoms with Crippen LogP contribution in [0.2, 0.25) is 0 Å². The van der Waals surface area contributed by atoms with Gasteiger partial charge in [0.15, 0.2) is 16.9 Å². The van der Waals surface area contributed by atoms with Gasteiger partial charge >= 0.3 is 0 Å². The van der Waals surface area contributed by atoms with E-state index in [9.17, 15) is 15.8 Å². The molecule has 0 radical (unpaired) electrons. The molecule has 0 aromatic heterocycles. The maximum absolute atomic E-state index is 10.2. The van der Waals surface area contributed by atoms with Gasteiger partial charge in [0.1, 0.15) is 6.07 Å². The zero-order valence-electron chi connectivity index (χ0n) is 17.8. The van der Waals surface area contributed by atoms with Gasteiger partial charge in [0.25, 0.3) is 0 Å². The van der Waals surface area contributed by atoms with Crippen LogP contribution in [0.4, 0.5) is 0 Å². The summed E-state index contributed by atoms with van der Waals surface area (Å²) in [7, 11) is 1.97. The van der Waals surface area contributed by atoms with E-state index in [0.717, 1.165) is 11.1 Å². The second kappa shape index (κ2) is 9.02. The number of nitriles is 3. The van der Waals surface area contributed by atoms with Crippen molar-refractivity contribution in [2.45, 2.75) is 19.8 Å². The molecule has 160 valence electrons. The first-order valence-electron chi connectivity index (χ1n) is 10.1. The fourth-order valence-corrected chi connectivity index (χ4v) is 5.06. The maximum atomic E-state index is 10.2. The molecule has 1 aliphatic heterocycles. The van der Waals surface area contributed by atoms with Crippen molar-refractivity contribution in [2.24, 2.45) is 17.1 Å². The lowest BCUT2D eigenvalue weighted by molar-refractivity contribution is 0.236. The summed E-state index contributed by atoms with van der Waals surface area (Å²) in [6, 6.07) is 10.1. The fraction of sp³-hybridized carbons (Fsp3) is 0.435. The van der Waals surface area contributed by atoms with Crippen LogP contribution in [0.1, 0.15) is 25.3 Å². The van der Waals surface area contributed by atoms with E-state index in [1.54, 1.807) is 6.07 Å². The van der Waals surface area contributed by atoms with Crippen molar-refractivity contribution < 1.29 is 9.47 Å². The quantitative estimate of drug-likeness (QED) is 0.681. The Bertz CT molecular complexity index is 1060. The van der Waals surface area contributed by atoms with Crippen molar-refractivity contribution in [3.05, 3.63) is 45.1 Å². The minimum absolute atomic E-state index is 0.01000. The van der Waals surface area contributed by atoms with Gasteiger partial charge in [-0.3, -0.25) is 0 Å². The number of halogens is 1. The van der Waals surface area contributed by atoms with E-state index in [1.807, 2.05) is 33.0 Å². The Kier molecular flexibility index (Phi) is 6.60. The van der Waals surface area contributed by atoms with Crippen LogP contribution in [-0.4, -0.2) is 38.3 Å². The summed E-state index contributed by atoms with van der Waals surface area (Å²) in [5, 5.41) is 30.2. The number of benzene rings is 1. The minimum Gasteiger partial charge on any atom is -0.490 e. The van der Waals surface area contributed by atoms with Crippen LogP contribution in [0.15, 0.2) is 39.5 Å². The molecule has 8 heteroatoms. The minimum atomic E-state index is -1.69. The molecule has 31 heavy (non-hydrogen) atoms. The standard InChI is InChI=1S/C23H24BrN5O2/c1-4-30-19-8-15(18(24)9-20(19)31-5-2)21-17-11-29(3)7-6-14(17)16(10-25)22(28)23(21,12-26)13-27/h6,8-9,17,21H,4-5,7,11,28H2,1-3H3. The van der Waals surface area contributed by atoms with E-state index in [-0.39, 0.29) is 17.2 Å². The monoisotopic (exact) mass is 481 g/mol. The Balaban J connectivity index is 2.34. The highest BCUT2D eigenvalue weighted by Crippen LogP contribution is 2.56. The van der Waals surface area contributed by atoms with Gasteiger partial charge in [-0.25, -0.2) is 0 Å². The molecule has 0 saturated heterocycles. The average Bonchev–Trinajstić information content (AvgIpc) is 2.76. The Labute approximate surface area is 191 Å². The molecule has 2 aliphatic rings. The topological polar surface area (TPSA) is 119 Å². The molecular weight excluding hydrogens is 458 g/mol. The van der Waals surface area contributed by atoms with Crippen molar-refractivity contribution in [3.63, 3.8) is 0 Å². The number of hydrogen-bond acceptors (Lipinski definition) is 7. The largest absolute Gasteiger partial charge is 0.490 e. The Morgan fingerprint density at radius 2 is 1.77 bits per heavy atom. The smallest absolute Gasteiger partial charge is 0.191 e. The van der Waals surface area contributed by atoms with E-state index in [4.69, 9.17) is 15.2 Å². The van der Waals surface area contributed by atoms with Gasteiger partial charge < -0.3 is 20.1 Å². The summed E-state index contributed by atoms with van der Waals surface area (Å²) in [6.45, 7) is 5.92. The number of fused-ring (bicyclic) bond motifs is 1. The third-order valence-corrected chi connectivity index (χ3v) is 6.53. The molecule has 1 aromatic rings. The SMILES string of the molecule is CCOc1cc(Br)c(C2C3CN(C)CC=C3C(C#N)=C(N)C2(C#N)C#N)cc1OCC. The molecule has 0 fully saturated rings. The summed E-state index contributed by atoms with van der Waals surface area (Å²) in [6.07, 6.45) is 1.97. The van der Waals surface area contributed by atoms with Crippen molar-refractivity contribution in [2.75, 3.05) is 33.4 Å². The number of ether oxygens (including phenoxy) is 2. The van der Waals surface area contributed by atoms with Gasteiger partial charge in [-0.2, -0.15) is 15.8 Å². The molecule has 0 bridgehead atoms.